The highest BCUT2D eigenvalue weighted by Crippen LogP contribution is 2.24. The summed E-state index contributed by atoms with van der Waals surface area (Å²) in [6, 6.07) is 0. The number of unbranched alkanes of at least 4 members (excludes halogenated alkanes) is 25. The van der Waals surface area contributed by atoms with Crippen LogP contribution in [0.25, 0.3) is 0 Å². The van der Waals surface area contributed by atoms with E-state index in [1.165, 1.54) is 109 Å². The zero-order valence-electron chi connectivity index (χ0n) is 40.1. The molecule has 6 atom stereocenters. The fraction of sp³-hybridized carbons (Fsp3) is 0.843. The Morgan fingerprint density at radius 3 is 1.42 bits per heavy atom. The van der Waals surface area contributed by atoms with E-state index in [9.17, 15) is 37.9 Å². The van der Waals surface area contributed by atoms with E-state index in [0.29, 0.717) is 12.8 Å². The summed E-state index contributed by atoms with van der Waals surface area (Å²) in [6.07, 6.45) is 38.9. The van der Waals surface area contributed by atoms with Crippen LogP contribution in [0.4, 0.5) is 0 Å². The predicted molar refractivity (Wildman–Crippen MR) is 256 cm³/mol. The molecule has 0 saturated carbocycles. The lowest BCUT2D eigenvalue weighted by Crippen LogP contribution is -2.60. The van der Waals surface area contributed by atoms with Crippen LogP contribution in [-0.4, -0.2) is 96.0 Å². The van der Waals surface area contributed by atoms with E-state index < -0.39 is 71.2 Å². The van der Waals surface area contributed by atoms with Crippen molar-refractivity contribution in [3.05, 3.63) is 36.5 Å². The summed E-state index contributed by atoms with van der Waals surface area (Å²) in [5.74, 6) is -1.99. The summed E-state index contributed by atoms with van der Waals surface area (Å²) in [7, 11) is -4.61. The molecule has 0 radical (unpaired) electrons. The van der Waals surface area contributed by atoms with Gasteiger partial charge in [-0.1, -0.05) is 192 Å². The van der Waals surface area contributed by atoms with Crippen LogP contribution in [0, 0.1) is 0 Å². The lowest BCUT2D eigenvalue weighted by atomic mass is 10.00. The average molecular weight is 929 g/mol. The molecular formula is C51H92O12S. The number of hydrogen-bond acceptors (Lipinski definition) is 11. The van der Waals surface area contributed by atoms with Gasteiger partial charge in [0.05, 0.1) is 6.61 Å². The molecule has 1 fully saturated rings. The summed E-state index contributed by atoms with van der Waals surface area (Å²) in [5.41, 5.74) is 0. The van der Waals surface area contributed by atoms with Crippen molar-refractivity contribution in [2.24, 2.45) is 0 Å². The second-order valence-corrected chi connectivity index (χ2v) is 19.3. The number of aliphatic hydroxyl groups is 3. The van der Waals surface area contributed by atoms with Crippen molar-refractivity contribution in [2.75, 3.05) is 19.0 Å². The lowest BCUT2D eigenvalue weighted by Gasteiger charge is -2.40. The molecule has 6 unspecified atom stereocenters. The van der Waals surface area contributed by atoms with Gasteiger partial charge in [-0.05, 0) is 51.4 Å². The minimum absolute atomic E-state index is 0.151. The van der Waals surface area contributed by atoms with Crippen molar-refractivity contribution in [1.29, 1.82) is 0 Å². The van der Waals surface area contributed by atoms with Crippen LogP contribution in [0.15, 0.2) is 36.5 Å². The molecule has 0 aliphatic carbocycles. The number of aliphatic hydroxyl groups excluding tert-OH is 3. The maximum absolute atomic E-state index is 12.9. The summed E-state index contributed by atoms with van der Waals surface area (Å²) >= 11 is 0. The highest BCUT2D eigenvalue weighted by Gasteiger charge is 2.46. The van der Waals surface area contributed by atoms with Gasteiger partial charge >= 0.3 is 11.9 Å². The highest BCUT2D eigenvalue weighted by atomic mass is 32.2. The van der Waals surface area contributed by atoms with Crippen LogP contribution >= 0.6 is 0 Å². The first-order valence-electron chi connectivity index (χ1n) is 25.5. The van der Waals surface area contributed by atoms with Crippen LogP contribution in [0.2, 0.25) is 0 Å². The lowest BCUT2D eigenvalue weighted by molar-refractivity contribution is -0.297. The van der Waals surface area contributed by atoms with Crippen LogP contribution in [0.1, 0.15) is 219 Å². The number of hydrogen-bond donors (Lipinski definition) is 4. The number of allylic oxidation sites excluding steroid dienone is 6. The molecule has 0 amide bonds. The fourth-order valence-electron chi connectivity index (χ4n) is 7.74. The molecule has 1 aliphatic heterocycles. The average Bonchev–Trinajstić information content (AvgIpc) is 3.26. The zero-order valence-corrected chi connectivity index (χ0v) is 41.0. The Bertz CT molecular complexity index is 1320. The van der Waals surface area contributed by atoms with Crippen molar-refractivity contribution in [2.45, 2.75) is 256 Å². The normalized spacial score (nSPS) is 19.9. The van der Waals surface area contributed by atoms with Gasteiger partial charge in [0, 0.05) is 12.8 Å². The van der Waals surface area contributed by atoms with E-state index >= 15 is 0 Å². The molecule has 0 aromatic carbocycles. The van der Waals surface area contributed by atoms with Gasteiger partial charge in [0.15, 0.2) is 12.4 Å². The molecule has 12 nitrogen and oxygen atoms in total. The van der Waals surface area contributed by atoms with Gasteiger partial charge in [0.1, 0.15) is 36.8 Å². The Morgan fingerprint density at radius 2 is 0.938 bits per heavy atom. The van der Waals surface area contributed by atoms with E-state index in [2.05, 4.69) is 50.3 Å². The fourth-order valence-corrected chi connectivity index (χ4v) is 8.43. The molecule has 64 heavy (non-hydrogen) atoms. The van der Waals surface area contributed by atoms with Crippen LogP contribution < -0.4 is 0 Å². The van der Waals surface area contributed by atoms with E-state index in [-0.39, 0.29) is 19.4 Å². The SMILES string of the molecule is CCCCC/C=C\C/C=C\C/C=C\CCCCCCCCC(=O)OC(COC(=O)CCCCCCCCCCCCCCCCCCC)COC1OC(CS(=O)(=O)O)C(O)C(O)C1O. The quantitative estimate of drug-likeness (QED) is 0.0196. The highest BCUT2D eigenvalue weighted by molar-refractivity contribution is 7.85. The van der Waals surface area contributed by atoms with Crippen molar-refractivity contribution in [1.82, 2.24) is 0 Å². The van der Waals surface area contributed by atoms with Gasteiger partial charge in [-0.15, -0.1) is 0 Å². The second-order valence-electron chi connectivity index (χ2n) is 17.8. The van der Waals surface area contributed by atoms with Gasteiger partial charge in [0.2, 0.25) is 0 Å². The van der Waals surface area contributed by atoms with Gasteiger partial charge in [0.25, 0.3) is 10.1 Å². The van der Waals surface area contributed by atoms with Crippen molar-refractivity contribution in [3.63, 3.8) is 0 Å². The zero-order chi connectivity index (χ0) is 46.9. The third-order valence-corrected chi connectivity index (χ3v) is 12.5. The smallest absolute Gasteiger partial charge is 0.306 e. The van der Waals surface area contributed by atoms with Crippen molar-refractivity contribution >= 4 is 22.1 Å². The first kappa shape index (κ1) is 59.9. The van der Waals surface area contributed by atoms with Crippen LogP contribution in [0.3, 0.4) is 0 Å². The second kappa shape index (κ2) is 41.1. The molecule has 0 aromatic rings. The number of carbonyl (C=O) groups is 2. The maximum Gasteiger partial charge on any atom is 0.306 e. The first-order valence-corrected chi connectivity index (χ1v) is 27.2. The van der Waals surface area contributed by atoms with Gasteiger partial charge in [-0.3, -0.25) is 14.1 Å². The molecule has 1 heterocycles. The molecular weight excluding hydrogens is 837 g/mol. The number of ether oxygens (including phenoxy) is 4. The Morgan fingerprint density at radius 1 is 0.531 bits per heavy atom. The predicted octanol–water partition coefficient (Wildman–Crippen LogP) is 11.3. The van der Waals surface area contributed by atoms with Crippen LogP contribution in [-0.2, 0) is 38.7 Å². The number of esters is 2. The standard InChI is InChI=1S/C51H92O12S/c1-3-5-7-9-11-13-15-17-19-21-22-24-26-28-30-32-34-36-38-40-47(53)62-44(42-61-51-50(56)49(55)48(54)45(63-51)43-64(57,58)59)41-60-46(52)39-37-35-33-31-29-27-25-23-20-18-16-14-12-10-8-6-4-2/h11,13,17,19,22,24,44-45,48-51,54-56H,3-10,12,14-16,18,20-21,23,25-43H2,1-2H3,(H,57,58,59)/b13-11-,19-17-,24-22-. The largest absolute Gasteiger partial charge is 0.462 e. The molecule has 1 saturated heterocycles. The van der Waals surface area contributed by atoms with E-state index in [1.807, 2.05) is 0 Å². The number of carbonyl (C=O) groups excluding carboxylic acids is 2. The molecule has 1 aliphatic rings. The third-order valence-electron chi connectivity index (χ3n) is 11.7. The minimum atomic E-state index is -4.61. The Kier molecular flexibility index (Phi) is 38.4. The summed E-state index contributed by atoms with van der Waals surface area (Å²) in [6.45, 7) is 3.75. The van der Waals surface area contributed by atoms with Gasteiger partial charge in [-0.25, -0.2) is 0 Å². The first-order chi connectivity index (χ1) is 31.0. The molecule has 0 aromatic heterocycles. The number of rotatable bonds is 43. The molecule has 374 valence electrons. The van der Waals surface area contributed by atoms with E-state index in [4.69, 9.17) is 18.9 Å². The molecule has 1 rings (SSSR count). The molecule has 0 bridgehead atoms. The third kappa shape index (κ3) is 35.1. The Balaban J connectivity index is 2.39. The summed E-state index contributed by atoms with van der Waals surface area (Å²) in [5, 5.41) is 31.0. The molecule has 13 heteroatoms. The van der Waals surface area contributed by atoms with Crippen molar-refractivity contribution in [3.8, 4) is 0 Å². The molecule has 4 N–H and O–H groups in total. The van der Waals surface area contributed by atoms with E-state index in [1.54, 1.807) is 0 Å². The van der Waals surface area contributed by atoms with Gasteiger partial charge < -0.3 is 34.3 Å². The Labute approximate surface area is 389 Å². The van der Waals surface area contributed by atoms with Crippen molar-refractivity contribution < 1.29 is 56.8 Å². The summed E-state index contributed by atoms with van der Waals surface area (Å²) < 4.78 is 54.2. The van der Waals surface area contributed by atoms with Crippen LogP contribution in [0.5, 0.6) is 0 Å². The summed E-state index contributed by atoms with van der Waals surface area (Å²) in [4.78, 5) is 25.5. The maximum atomic E-state index is 12.9. The van der Waals surface area contributed by atoms with Gasteiger partial charge in [-0.2, -0.15) is 8.42 Å². The Hall–Kier alpha value is -2.13. The van der Waals surface area contributed by atoms with E-state index in [0.717, 1.165) is 70.6 Å². The minimum Gasteiger partial charge on any atom is -0.462 e. The monoisotopic (exact) mass is 929 g/mol. The topological polar surface area (TPSA) is 186 Å². The molecule has 0 spiro atoms.